The first-order valence-corrected chi connectivity index (χ1v) is 9.97. The average molecular weight is 393 g/mol. The predicted molar refractivity (Wildman–Crippen MR) is 113 cm³/mol. The van der Waals surface area contributed by atoms with E-state index in [0.717, 1.165) is 32.7 Å². The fraction of sp³-hybridized carbons (Fsp3) is 0.304. The number of allylic oxidation sites excluding steroid dienone is 1. The molecule has 1 saturated heterocycles. The fourth-order valence-corrected chi connectivity index (χ4v) is 3.51. The summed E-state index contributed by atoms with van der Waals surface area (Å²) in [5.41, 5.74) is 5.00. The van der Waals surface area contributed by atoms with Crippen LogP contribution in [0, 0.1) is 0 Å². The Morgan fingerprint density at radius 3 is 2.66 bits per heavy atom. The van der Waals surface area contributed by atoms with Crippen molar-refractivity contribution in [2.75, 3.05) is 32.7 Å². The smallest absolute Gasteiger partial charge is 0.295 e. The summed E-state index contributed by atoms with van der Waals surface area (Å²) in [7, 11) is 0. The van der Waals surface area contributed by atoms with Gasteiger partial charge in [0.05, 0.1) is 19.3 Å². The van der Waals surface area contributed by atoms with Gasteiger partial charge >= 0.3 is 0 Å². The van der Waals surface area contributed by atoms with Gasteiger partial charge in [-0.25, -0.2) is 5.43 Å². The van der Waals surface area contributed by atoms with E-state index in [2.05, 4.69) is 46.3 Å². The zero-order valence-corrected chi connectivity index (χ0v) is 16.6. The topological polar surface area (TPSA) is 72.2 Å². The second kappa shape index (κ2) is 10.5. The number of hydrazone groups is 1. The molecule has 152 valence electrons. The molecular weight excluding hydrogens is 364 g/mol. The third-order valence-corrected chi connectivity index (χ3v) is 5.11. The molecule has 1 fully saturated rings. The lowest BCUT2D eigenvalue weighted by Gasteiger charge is -2.31. The second-order valence-corrected chi connectivity index (χ2v) is 7.31. The Morgan fingerprint density at radius 1 is 1.17 bits per heavy atom. The molecule has 2 aromatic carbocycles. The average Bonchev–Trinajstić information content (AvgIpc) is 2.73. The molecular formula is C23H28N4O2. The van der Waals surface area contributed by atoms with Gasteiger partial charge in [0.1, 0.15) is 0 Å². The van der Waals surface area contributed by atoms with Gasteiger partial charge in [0.15, 0.2) is 6.54 Å². The second-order valence-electron chi connectivity index (χ2n) is 7.31. The van der Waals surface area contributed by atoms with Crippen LogP contribution in [0.25, 0.3) is 0 Å². The summed E-state index contributed by atoms with van der Waals surface area (Å²) in [6.07, 6.45) is 3.63. The molecule has 1 heterocycles. The highest BCUT2D eigenvalue weighted by Crippen LogP contribution is 2.18. The van der Waals surface area contributed by atoms with Gasteiger partial charge in [-0.2, -0.15) is 5.10 Å². The Labute approximate surface area is 172 Å². The highest BCUT2D eigenvalue weighted by Gasteiger charge is 2.21. The number of nitrogens with one attached hydrogen (secondary N) is 2. The summed E-state index contributed by atoms with van der Waals surface area (Å²) in [6.45, 7) is 8.79. The molecule has 1 aliphatic heterocycles. The van der Waals surface area contributed by atoms with Crippen LogP contribution >= 0.6 is 0 Å². The number of carbonyl (C=O) groups is 1. The third kappa shape index (κ3) is 6.27. The van der Waals surface area contributed by atoms with E-state index < -0.39 is 0 Å². The first-order chi connectivity index (χ1) is 14.2. The SMILES string of the molecule is C=CCc1cccc(C=NNC(=O)C[NH+]2CCN(Cc3ccccc3)CC2)c1[O-]. The number of carbonyl (C=O) groups excluding carboxylic acids is 1. The van der Waals surface area contributed by atoms with Gasteiger partial charge in [-0.1, -0.05) is 65.9 Å². The van der Waals surface area contributed by atoms with Crippen LogP contribution in [0.4, 0.5) is 0 Å². The molecule has 0 unspecified atom stereocenters. The maximum absolute atomic E-state index is 12.3. The van der Waals surface area contributed by atoms with Crippen LogP contribution in [0.3, 0.4) is 0 Å². The van der Waals surface area contributed by atoms with Crippen LogP contribution < -0.4 is 15.4 Å². The molecule has 29 heavy (non-hydrogen) atoms. The quantitative estimate of drug-likeness (QED) is 0.387. The summed E-state index contributed by atoms with van der Waals surface area (Å²) < 4.78 is 0. The lowest BCUT2D eigenvalue weighted by Crippen LogP contribution is -3.15. The van der Waals surface area contributed by atoms with Gasteiger partial charge in [-0.05, 0) is 17.5 Å². The highest BCUT2D eigenvalue weighted by molar-refractivity contribution is 5.85. The highest BCUT2D eigenvalue weighted by atomic mass is 16.3. The molecule has 0 bridgehead atoms. The number of nitrogens with zero attached hydrogens (tertiary/aromatic N) is 2. The number of hydrogen-bond donors (Lipinski definition) is 2. The lowest BCUT2D eigenvalue weighted by atomic mass is 10.1. The number of rotatable bonds is 8. The van der Waals surface area contributed by atoms with Gasteiger partial charge in [-0.3, -0.25) is 9.69 Å². The maximum Gasteiger partial charge on any atom is 0.295 e. The molecule has 1 aliphatic rings. The minimum Gasteiger partial charge on any atom is -0.872 e. The molecule has 3 rings (SSSR count). The molecule has 0 atom stereocenters. The molecule has 0 radical (unpaired) electrons. The van der Waals surface area contributed by atoms with E-state index in [1.807, 2.05) is 12.1 Å². The summed E-state index contributed by atoms with van der Waals surface area (Å²) in [5.74, 6) is -0.215. The zero-order chi connectivity index (χ0) is 20.5. The van der Waals surface area contributed by atoms with Crippen molar-refractivity contribution >= 4 is 12.1 Å². The molecule has 6 nitrogen and oxygen atoms in total. The molecule has 6 heteroatoms. The van der Waals surface area contributed by atoms with E-state index in [0.29, 0.717) is 24.1 Å². The van der Waals surface area contributed by atoms with Gasteiger partial charge in [-0.15, -0.1) is 6.58 Å². The van der Waals surface area contributed by atoms with Crippen molar-refractivity contribution in [2.45, 2.75) is 13.0 Å². The van der Waals surface area contributed by atoms with Crippen LogP contribution in [0.1, 0.15) is 16.7 Å². The number of amides is 1. The molecule has 2 aromatic rings. The Kier molecular flexibility index (Phi) is 7.55. The molecule has 1 amide bonds. The monoisotopic (exact) mass is 392 g/mol. The Balaban J connectivity index is 1.42. The van der Waals surface area contributed by atoms with E-state index in [9.17, 15) is 9.90 Å². The standard InChI is InChI=1S/C23H28N4O2/c1-2-7-20-10-6-11-21(23(20)29)16-24-25-22(28)18-27-14-12-26(13-15-27)17-19-8-4-3-5-9-19/h2-6,8-11,16,29H,1,7,12-15,17-18H2,(H,25,28). The summed E-state index contributed by atoms with van der Waals surface area (Å²) >= 11 is 0. The zero-order valence-electron chi connectivity index (χ0n) is 16.6. The number of para-hydroxylation sites is 1. The van der Waals surface area contributed by atoms with Crippen molar-refractivity contribution in [3.8, 4) is 5.75 Å². The van der Waals surface area contributed by atoms with Crippen molar-refractivity contribution in [2.24, 2.45) is 5.10 Å². The Morgan fingerprint density at radius 2 is 1.93 bits per heavy atom. The first kappa shape index (κ1) is 20.8. The van der Waals surface area contributed by atoms with Gasteiger partial charge in [0.2, 0.25) is 0 Å². The summed E-state index contributed by atoms with van der Waals surface area (Å²) in [5, 5.41) is 16.2. The van der Waals surface area contributed by atoms with Crippen LogP contribution in [-0.2, 0) is 17.8 Å². The van der Waals surface area contributed by atoms with Gasteiger partial charge in [0.25, 0.3) is 5.91 Å². The predicted octanol–water partition coefficient (Wildman–Crippen LogP) is 0.340. The van der Waals surface area contributed by atoms with Crippen LogP contribution in [0.15, 0.2) is 66.3 Å². The molecule has 0 aromatic heterocycles. The first-order valence-electron chi connectivity index (χ1n) is 9.97. The van der Waals surface area contributed by atoms with Crippen LogP contribution in [-0.4, -0.2) is 49.7 Å². The third-order valence-electron chi connectivity index (χ3n) is 5.11. The number of hydrogen-bond acceptors (Lipinski definition) is 4. The minimum atomic E-state index is -0.137. The van der Waals surface area contributed by atoms with Crippen LogP contribution in [0.2, 0.25) is 0 Å². The maximum atomic E-state index is 12.3. The van der Waals surface area contributed by atoms with Crippen molar-refractivity contribution < 1.29 is 14.8 Å². The van der Waals surface area contributed by atoms with Crippen molar-refractivity contribution in [3.05, 3.63) is 77.9 Å². The van der Waals surface area contributed by atoms with Gasteiger partial charge < -0.3 is 10.0 Å². The van der Waals surface area contributed by atoms with E-state index in [4.69, 9.17) is 0 Å². The summed E-state index contributed by atoms with van der Waals surface area (Å²) in [4.78, 5) is 15.8. The normalized spacial score (nSPS) is 15.4. The number of benzene rings is 2. The molecule has 2 N–H and O–H groups in total. The van der Waals surface area contributed by atoms with Gasteiger partial charge in [0, 0.05) is 19.6 Å². The Hall–Kier alpha value is -2.96. The van der Waals surface area contributed by atoms with Crippen LogP contribution in [0.5, 0.6) is 5.75 Å². The lowest BCUT2D eigenvalue weighted by molar-refractivity contribution is -0.896. The summed E-state index contributed by atoms with van der Waals surface area (Å²) in [6, 6.07) is 15.7. The molecule has 0 spiro atoms. The fourth-order valence-electron chi connectivity index (χ4n) is 3.51. The van der Waals surface area contributed by atoms with E-state index >= 15 is 0 Å². The van der Waals surface area contributed by atoms with E-state index in [1.54, 1.807) is 18.2 Å². The Bertz CT molecular complexity index is 843. The van der Waals surface area contributed by atoms with Crippen molar-refractivity contribution in [1.29, 1.82) is 0 Å². The minimum absolute atomic E-state index is 0.0782. The number of quaternary nitrogens is 1. The van der Waals surface area contributed by atoms with E-state index in [-0.39, 0.29) is 11.7 Å². The van der Waals surface area contributed by atoms with E-state index in [1.165, 1.54) is 16.7 Å². The van der Waals surface area contributed by atoms with Crippen molar-refractivity contribution in [3.63, 3.8) is 0 Å². The number of piperazine rings is 1. The molecule has 0 saturated carbocycles. The van der Waals surface area contributed by atoms with Crippen molar-refractivity contribution in [1.82, 2.24) is 10.3 Å². The molecule has 0 aliphatic carbocycles. The largest absolute Gasteiger partial charge is 0.872 e.